The Labute approximate surface area is 123 Å². The highest BCUT2D eigenvalue weighted by atomic mass is 16.5. The second-order valence-corrected chi connectivity index (χ2v) is 6.88. The van der Waals surface area contributed by atoms with E-state index in [1.54, 1.807) is 0 Å². The number of likely N-dealkylation sites (tertiary alicyclic amines) is 2. The molecular formula is C16H31N3O. The first kappa shape index (κ1) is 14.8. The number of rotatable bonds is 3. The summed E-state index contributed by atoms with van der Waals surface area (Å²) in [5, 5.41) is 0. The summed E-state index contributed by atoms with van der Waals surface area (Å²) in [5.41, 5.74) is 6.42. The van der Waals surface area contributed by atoms with Crippen LogP contribution in [0.2, 0.25) is 0 Å². The summed E-state index contributed by atoms with van der Waals surface area (Å²) >= 11 is 0. The van der Waals surface area contributed by atoms with Crippen molar-refractivity contribution < 1.29 is 4.74 Å². The molecule has 3 aliphatic rings. The normalized spacial score (nSPS) is 38.0. The van der Waals surface area contributed by atoms with E-state index in [-0.39, 0.29) is 5.54 Å². The Morgan fingerprint density at radius 2 is 1.85 bits per heavy atom. The third kappa shape index (κ3) is 3.03. The highest BCUT2D eigenvalue weighted by molar-refractivity contribution is 4.98. The van der Waals surface area contributed by atoms with Crippen LogP contribution in [-0.2, 0) is 4.74 Å². The van der Waals surface area contributed by atoms with Gasteiger partial charge in [0.2, 0.25) is 0 Å². The quantitative estimate of drug-likeness (QED) is 0.850. The molecule has 3 heterocycles. The van der Waals surface area contributed by atoms with Gasteiger partial charge in [0.15, 0.2) is 0 Å². The smallest absolute Gasteiger partial charge is 0.0484 e. The van der Waals surface area contributed by atoms with E-state index < -0.39 is 0 Å². The zero-order valence-electron chi connectivity index (χ0n) is 12.9. The van der Waals surface area contributed by atoms with Crippen LogP contribution in [0.1, 0.15) is 44.9 Å². The summed E-state index contributed by atoms with van der Waals surface area (Å²) in [6.07, 6.45) is 9.06. The second-order valence-electron chi connectivity index (χ2n) is 6.88. The molecule has 0 aromatic rings. The van der Waals surface area contributed by atoms with Crippen molar-refractivity contribution in [3.05, 3.63) is 0 Å². The Hall–Kier alpha value is -0.160. The highest BCUT2D eigenvalue weighted by Crippen LogP contribution is 2.32. The Balaban J connectivity index is 1.62. The van der Waals surface area contributed by atoms with E-state index >= 15 is 0 Å². The first-order chi connectivity index (χ1) is 9.84. The van der Waals surface area contributed by atoms with E-state index in [4.69, 9.17) is 10.5 Å². The maximum absolute atomic E-state index is 6.20. The van der Waals surface area contributed by atoms with Gasteiger partial charge in [0, 0.05) is 44.4 Å². The van der Waals surface area contributed by atoms with Crippen LogP contribution in [0.5, 0.6) is 0 Å². The molecule has 0 saturated carbocycles. The molecular weight excluding hydrogens is 250 g/mol. The maximum Gasteiger partial charge on any atom is 0.0484 e. The third-order valence-electron chi connectivity index (χ3n) is 5.76. The van der Waals surface area contributed by atoms with Gasteiger partial charge < -0.3 is 10.5 Å². The summed E-state index contributed by atoms with van der Waals surface area (Å²) < 4.78 is 5.66. The number of piperidine rings is 1. The van der Waals surface area contributed by atoms with Crippen LogP contribution in [0, 0.1) is 0 Å². The minimum Gasteiger partial charge on any atom is -0.381 e. The fourth-order valence-corrected chi connectivity index (χ4v) is 4.40. The molecule has 4 heteroatoms. The molecule has 0 spiro atoms. The molecule has 0 aromatic heterocycles. The molecule has 2 N–H and O–H groups in total. The lowest BCUT2D eigenvalue weighted by atomic mass is 9.89. The van der Waals surface area contributed by atoms with Crippen LogP contribution in [-0.4, -0.2) is 67.3 Å². The Morgan fingerprint density at radius 1 is 1.00 bits per heavy atom. The standard InChI is InChI=1S/C16H31N3O/c17-14-16(6-4-11-20-12-7-16)19-10-5-15(13-19)18-8-2-1-3-9-18/h15H,1-14,17H2. The minimum absolute atomic E-state index is 0.223. The summed E-state index contributed by atoms with van der Waals surface area (Å²) in [5.74, 6) is 0. The van der Waals surface area contributed by atoms with Crippen molar-refractivity contribution in [3.8, 4) is 0 Å². The largest absolute Gasteiger partial charge is 0.381 e. The van der Waals surface area contributed by atoms with Gasteiger partial charge in [0.1, 0.15) is 0 Å². The molecule has 0 radical (unpaired) electrons. The number of nitrogens with zero attached hydrogens (tertiary/aromatic N) is 2. The molecule has 4 nitrogen and oxygen atoms in total. The van der Waals surface area contributed by atoms with E-state index in [1.165, 1.54) is 64.7 Å². The lowest BCUT2D eigenvalue weighted by Crippen LogP contribution is -2.54. The molecule has 3 fully saturated rings. The monoisotopic (exact) mass is 281 g/mol. The van der Waals surface area contributed by atoms with Gasteiger partial charge in [-0.3, -0.25) is 9.80 Å². The predicted octanol–water partition coefficient (Wildman–Crippen LogP) is 1.44. The third-order valence-corrected chi connectivity index (χ3v) is 5.76. The second kappa shape index (κ2) is 6.73. The molecule has 0 bridgehead atoms. The van der Waals surface area contributed by atoms with Gasteiger partial charge in [-0.05, 0) is 51.6 Å². The van der Waals surface area contributed by atoms with Crippen LogP contribution in [0.25, 0.3) is 0 Å². The fourth-order valence-electron chi connectivity index (χ4n) is 4.40. The number of hydrogen-bond donors (Lipinski definition) is 1. The van der Waals surface area contributed by atoms with Gasteiger partial charge in [-0.1, -0.05) is 6.42 Å². The van der Waals surface area contributed by atoms with Crippen molar-refractivity contribution >= 4 is 0 Å². The van der Waals surface area contributed by atoms with Gasteiger partial charge in [-0.2, -0.15) is 0 Å². The SMILES string of the molecule is NCC1(N2CCC(N3CCCCC3)C2)CCCOCC1. The van der Waals surface area contributed by atoms with Gasteiger partial charge in [0.05, 0.1) is 0 Å². The summed E-state index contributed by atoms with van der Waals surface area (Å²) in [6, 6.07) is 0.780. The van der Waals surface area contributed by atoms with Crippen molar-refractivity contribution in [2.24, 2.45) is 5.73 Å². The van der Waals surface area contributed by atoms with Crippen LogP contribution < -0.4 is 5.73 Å². The van der Waals surface area contributed by atoms with Crippen molar-refractivity contribution in [2.45, 2.75) is 56.5 Å². The van der Waals surface area contributed by atoms with Crippen molar-refractivity contribution in [1.82, 2.24) is 9.80 Å². The topological polar surface area (TPSA) is 41.7 Å². The van der Waals surface area contributed by atoms with E-state index in [1.807, 2.05) is 0 Å². The average Bonchev–Trinajstić information content (AvgIpc) is 2.88. The average molecular weight is 281 g/mol. The first-order valence-corrected chi connectivity index (χ1v) is 8.61. The van der Waals surface area contributed by atoms with Crippen molar-refractivity contribution in [1.29, 1.82) is 0 Å². The van der Waals surface area contributed by atoms with Gasteiger partial charge in [-0.25, -0.2) is 0 Å². The van der Waals surface area contributed by atoms with Crippen LogP contribution in [0.4, 0.5) is 0 Å². The Morgan fingerprint density at radius 3 is 2.65 bits per heavy atom. The molecule has 3 saturated heterocycles. The molecule has 2 atom stereocenters. The zero-order valence-corrected chi connectivity index (χ0v) is 12.9. The van der Waals surface area contributed by atoms with Gasteiger partial charge in [0.25, 0.3) is 0 Å². The van der Waals surface area contributed by atoms with E-state index in [0.717, 1.165) is 32.2 Å². The predicted molar refractivity (Wildman–Crippen MR) is 81.9 cm³/mol. The maximum atomic E-state index is 6.20. The molecule has 3 aliphatic heterocycles. The lowest BCUT2D eigenvalue weighted by Gasteiger charge is -2.41. The van der Waals surface area contributed by atoms with E-state index in [0.29, 0.717) is 0 Å². The Bertz CT molecular complexity index is 296. The minimum atomic E-state index is 0.223. The summed E-state index contributed by atoms with van der Waals surface area (Å²) in [7, 11) is 0. The number of hydrogen-bond acceptors (Lipinski definition) is 4. The molecule has 0 amide bonds. The first-order valence-electron chi connectivity index (χ1n) is 8.61. The van der Waals surface area contributed by atoms with Crippen LogP contribution in [0.15, 0.2) is 0 Å². The van der Waals surface area contributed by atoms with Crippen molar-refractivity contribution in [3.63, 3.8) is 0 Å². The molecule has 116 valence electrons. The van der Waals surface area contributed by atoms with Gasteiger partial charge in [-0.15, -0.1) is 0 Å². The fraction of sp³-hybridized carbons (Fsp3) is 1.00. The summed E-state index contributed by atoms with van der Waals surface area (Å²) in [6.45, 7) is 7.71. The van der Waals surface area contributed by atoms with Gasteiger partial charge >= 0.3 is 0 Å². The number of nitrogens with two attached hydrogens (primary N) is 1. The molecule has 20 heavy (non-hydrogen) atoms. The van der Waals surface area contributed by atoms with Crippen LogP contribution in [0.3, 0.4) is 0 Å². The molecule has 0 aromatic carbocycles. The lowest BCUT2D eigenvalue weighted by molar-refractivity contribution is 0.0757. The summed E-state index contributed by atoms with van der Waals surface area (Å²) in [4.78, 5) is 5.45. The molecule has 3 rings (SSSR count). The molecule has 2 unspecified atom stereocenters. The van der Waals surface area contributed by atoms with E-state index in [9.17, 15) is 0 Å². The van der Waals surface area contributed by atoms with Crippen molar-refractivity contribution in [2.75, 3.05) is 45.9 Å². The zero-order chi connectivity index (χ0) is 13.8. The molecule has 0 aliphatic carbocycles. The van der Waals surface area contributed by atoms with Crippen LogP contribution >= 0.6 is 0 Å². The highest BCUT2D eigenvalue weighted by Gasteiger charge is 2.41. The van der Waals surface area contributed by atoms with E-state index in [2.05, 4.69) is 9.80 Å². The number of ether oxygens (including phenoxy) is 1. The Kier molecular flexibility index (Phi) is 4.97.